The Bertz CT molecular complexity index is 1020. The molecule has 1 heteroatoms. The molecule has 30 heavy (non-hydrogen) atoms. The van der Waals surface area contributed by atoms with Crippen LogP contribution in [0, 0.1) is 0 Å². The van der Waals surface area contributed by atoms with Crippen LogP contribution in [0.15, 0.2) is 115 Å². The van der Waals surface area contributed by atoms with E-state index in [4.69, 9.17) is 0 Å². The highest BCUT2D eigenvalue weighted by Gasteiger charge is 2.07. The fourth-order valence-corrected chi connectivity index (χ4v) is 3.71. The van der Waals surface area contributed by atoms with Crippen LogP contribution in [0.2, 0.25) is 0 Å². The van der Waals surface area contributed by atoms with E-state index >= 15 is 0 Å². The molecule has 0 atom stereocenters. The second-order valence-electron chi connectivity index (χ2n) is 7.38. The van der Waals surface area contributed by atoms with Crippen molar-refractivity contribution in [3.63, 3.8) is 0 Å². The number of hydrogen-bond acceptors (Lipinski definition) is 1. The van der Waals surface area contributed by atoms with Gasteiger partial charge in [-0.3, -0.25) is 0 Å². The van der Waals surface area contributed by atoms with E-state index in [2.05, 4.69) is 133 Å². The van der Waals surface area contributed by atoms with E-state index in [0.29, 0.717) is 0 Å². The quantitative estimate of drug-likeness (QED) is 0.300. The van der Waals surface area contributed by atoms with E-state index in [0.717, 1.165) is 13.1 Å². The topological polar surface area (TPSA) is 3.24 Å². The first-order chi connectivity index (χ1) is 14.8. The largest absolute Gasteiger partial charge is 0.367 e. The van der Waals surface area contributed by atoms with E-state index in [1.165, 1.54) is 33.5 Å². The Morgan fingerprint density at radius 1 is 0.633 bits per heavy atom. The summed E-state index contributed by atoms with van der Waals surface area (Å²) in [6, 6.07) is 40.7. The molecule has 0 aliphatic rings. The molecule has 0 radical (unpaired) electrons. The Hall–Kier alpha value is -3.58. The van der Waals surface area contributed by atoms with Gasteiger partial charge in [0.25, 0.3) is 0 Å². The standard InChI is InChI=1S/C29H27N/c1-2-30(23-25-12-6-3-7-13-25)28-20-18-24(19-21-28)22-29(26-14-8-4-9-15-26)27-16-10-5-11-17-27/h3-22H,2,23H2,1H3. The molecule has 0 saturated carbocycles. The van der Waals surface area contributed by atoms with Gasteiger partial charge in [0, 0.05) is 18.8 Å². The SMILES string of the molecule is CCN(Cc1ccccc1)c1ccc(C=C(c2ccccc2)c2ccccc2)cc1. The zero-order chi connectivity index (χ0) is 20.6. The molecule has 0 aliphatic carbocycles. The fraction of sp³-hybridized carbons (Fsp3) is 0.103. The zero-order valence-electron chi connectivity index (χ0n) is 17.4. The highest BCUT2D eigenvalue weighted by Crippen LogP contribution is 2.27. The van der Waals surface area contributed by atoms with Gasteiger partial charge in [-0.1, -0.05) is 103 Å². The molecular formula is C29H27N. The number of rotatable bonds is 7. The van der Waals surface area contributed by atoms with E-state index in [9.17, 15) is 0 Å². The smallest absolute Gasteiger partial charge is 0.0429 e. The lowest BCUT2D eigenvalue weighted by Gasteiger charge is -2.23. The van der Waals surface area contributed by atoms with Crippen LogP contribution in [-0.2, 0) is 6.54 Å². The Morgan fingerprint density at radius 2 is 1.13 bits per heavy atom. The van der Waals surface area contributed by atoms with Gasteiger partial charge in [-0.05, 0) is 53.0 Å². The van der Waals surface area contributed by atoms with Crippen molar-refractivity contribution in [3.05, 3.63) is 138 Å². The highest BCUT2D eigenvalue weighted by atomic mass is 15.1. The maximum atomic E-state index is 2.40. The van der Waals surface area contributed by atoms with E-state index < -0.39 is 0 Å². The Labute approximate surface area is 179 Å². The predicted octanol–water partition coefficient (Wildman–Crippen LogP) is 7.30. The van der Waals surface area contributed by atoms with Crippen molar-refractivity contribution in [3.8, 4) is 0 Å². The first-order valence-electron chi connectivity index (χ1n) is 10.5. The Kier molecular flexibility index (Phi) is 6.41. The minimum absolute atomic E-state index is 0.922. The first kappa shape index (κ1) is 19.7. The maximum Gasteiger partial charge on any atom is 0.0429 e. The lowest BCUT2D eigenvalue weighted by Crippen LogP contribution is -2.21. The summed E-state index contributed by atoms with van der Waals surface area (Å²) in [5, 5.41) is 0. The van der Waals surface area contributed by atoms with E-state index in [1.807, 2.05) is 0 Å². The van der Waals surface area contributed by atoms with Gasteiger partial charge in [-0.15, -0.1) is 0 Å². The van der Waals surface area contributed by atoms with Crippen LogP contribution in [-0.4, -0.2) is 6.54 Å². The summed E-state index contributed by atoms with van der Waals surface area (Å²) < 4.78 is 0. The van der Waals surface area contributed by atoms with Gasteiger partial charge in [0.1, 0.15) is 0 Å². The predicted molar refractivity (Wildman–Crippen MR) is 129 cm³/mol. The van der Waals surface area contributed by atoms with Crippen molar-refractivity contribution < 1.29 is 0 Å². The number of hydrogen-bond donors (Lipinski definition) is 0. The summed E-state index contributed by atoms with van der Waals surface area (Å²) in [5.41, 5.74) is 7.48. The Balaban J connectivity index is 1.62. The van der Waals surface area contributed by atoms with Gasteiger partial charge in [-0.25, -0.2) is 0 Å². The Morgan fingerprint density at radius 3 is 1.63 bits per heavy atom. The van der Waals surface area contributed by atoms with Gasteiger partial charge in [0.15, 0.2) is 0 Å². The van der Waals surface area contributed by atoms with Gasteiger partial charge in [0.05, 0.1) is 0 Å². The molecule has 0 N–H and O–H groups in total. The average molecular weight is 390 g/mol. The lowest BCUT2D eigenvalue weighted by atomic mass is 9.96. The van der Waals surface area contributed by atoms with Gasteiger partial charge >= 0.3 is 0 Å². The van der Waals surface area contributed by atoms with Crippen molar-refractivity contribution >= 4 is 17.3 Å². The zero-order valence-corrected chi connectivity index (χ0v) is 17.4. The molecule has 4 rings (SSSR count). The van der Waals surface area contributed by atoms with Crippen LogP contribution in [0.3, 0.4) is 0 Å². The summed E-state index contributed by atoms with van der Waals surface area (Å²) in [4.78, 5) is 2.40. The molecule has 4 aromatic carbocycles. The molecule has 1 nitrogen and oxygen atoms in total. The molecule has 0 heterocycles. The third-order valence-electron chi connectivity index (χ3n) is 5.34. The first-order valence-corrected chi connectivity index (χ1v) is 10.5. The van der Waals surface area contributed by atoms with Crippen molar-refractivity contribution in [2.75, 3.05) is 11.4 Å². The van der Waals surface area contributed by atoms with Crippen molar-refractivity contribution in [1.29, 1.82) is 0 Å². The van der Waals surface area contributed by atoms with E-state index in [1.54, 1.807) is 0 Å². The molecule has 4 aromatic rings. The number of nitrogens with zero attached hydrogens (tertiary/aromatic N) is 1. The number of anilines is 1. The van der Waals surface area contributed by atoms with Crippen LogP contribution < -0.4 is 4.90 Å². The molecule has 0 unspecified atom stereocenters. The molecule has 0 saturated heterocycles. The fourth-order valence-electron chi connectivity index (χ4n) is 3.71. The number of benzene rings is 4. The molecule has 0 spiro atoms. The van der Waals surface area contributed by atoms with Crippen LogP contribution in [0.4, 0.5) is 5.69 Å². The van der Waals surface area contributed by atoms with Crippen molar-refractivity contribution in [2.24, 2.45) is 0 Å². The summed E-state index contributed by atoms with van der Waals surface area (Å²) in [6.45, 7) is 4.11. The third kappa shape index (κ3) is 4.87. The molecule has 148 valence electrons. The van der Waals surface area contributed by atoms with Gasteiger partial charge in [0.2, 0.25) is 0 Å². The van der Waals surface area contributed by atoms with Crippen LogP contribution in [0.1, 0.15) is 29.2 Å². The molecule has 0 fully saturated rings. The molecule has 0 bridgehead atoms. The highest BCUT2D eigenvalue weighted by molar-refractivity contribution is 5.91. The third-order valence-corrected chi connectivity index (χ3v) is 5.34. The average Bonchev–Trinajstić information content (AvgIpc) is 2.83. The van der Waals surface area contributed by atoms with E-state index in [-0.39, 0.29) is 0 Å². The monoisotopic (exact) mass is 389 g/mol. The van der Waals surface area contributed by atoms with Crippen LogP contribution >= 0.6 is 0 Å². The van der Waals surface area contributed by atoms with Crippen LogP contribution in [0.25, 0.3) is 11.6 Å². The molecule has 0 aliphatic heterocycles. The summed E-state index contributed by atoms with van der Waals surface area (Å²) in [5.74, 6) is 0. The summed E-state index contributed by atoms with van der Waals surface area (Å²) in [7, 11) is 0. The maximum absolute atomic E-state index is 2.40. The second-order valence-corrected chi connectivity index (χ2v) is 7.38. The normalized spacial score (nSPS) is 10.4. The van der Waals surface area contributed by atoms with Gasteiger partial charge in [-0.2, -0.15) is 0 Å². The summed E-state index contributed by atoms with van der Waals surface area (Å²) in [6.07, 6.45) is 2.28. The molecular weight excluding hydrogens is 362 g/mol. The van der Waals surface area contributed by atoms with Gasteiger partial charge < -0.3 is 4.90 Å². The molecule has 0 aromatic heterocycles. The minimum atomic E-state index is 0.922. The van der Waals surface area contributed by atoms with Crippen LogP contribution in [0.5, 0.6) is 0 Å². The van der Waals surface area contributed by atoms with Crippen molar-refractivity contribution in [1.82, 2.24) is 0 Å². The minimum Gasteiger partial charge on any atom is -0.367 e. The van der Waals surface area contributed by atoms with Crippen molar-refractivity contribution in [2.45, 2.75) is 13.5 Å². The lowest BCUT2D eigenvalue weighted by molar-refractivity contribution is 0.832. The molecule has 0 amide bonds. The summed E-state index contributed by atoms with van der Waals surface area (Å²) >= 11 is 0. The second kappa shape index (κ2) is 9.76.